The van der Waals surface area contributed by atoms with E-state index in [9.17, 15) is 0 Å². The predicted octanol–water partition coefficient (Wildman–Crippen LogP) is 1.31. The molecule has 0 spiro atoms. The number of pyridine rings is 1. The quantitative estimate of drug-likeness (QED) is 0.776. The number of nitrogens with zero attached hydrogens (tertiary/aromatic N) is 5. The fourth-order valence-corrected chi connectivity index (χ4v) is 3.10. The lowest BCUT2D eigenvalue weighted by atomic mass is 10.2. The van der Waals surface area contributed by atoms with E-state index in [0.717, 1.165) is 38.7 Å². The molecule has 3 aromatic rings. The van der Waals surface area contributed by atoms with Crippen LogP contribution >= 0.6 is 0 Å². The topological polar surface area (TPSA) is 67.6 Å². The van der Waals surface area contributed by atoms with E-state index in [1.165, 1.54) is 0 Å². The highest BCUT2D eigenvalue weighted by Gasteiger charge is 2.12. The Balaban J connectivity index is 1.55. The number of rotatable bonds is 3. The molecule has 5 rings (SSSR count). The first kappa shape index (κ1) is 14.7. The van der Waals surface area contributed by atoms with Gasteiger partial charge in [-0.1, -0.05) is 6.07 Å². The van der Waals surface area contributed by atoms with Gasteiger partial charge in [0.05, 0.1) is 37.1 Å². The van der Waals surface area contributed by atoms with Crippen LogP contribution in [0.3, 0.4) is 0 Å². The largest absolute Gasteiger partial charge is 0.497 e. The van der Waals surface area contributed by atoms with Gasteiger partial charge < -0.3 is 4.74 Å². The summed E-state index contributed by atoms with van der Waals surface area (Å²) in [5.74, 6) is 0.804. The molecule has 1 N–H and O–H groups in total. The molecule has 128 valence electrons. The molecule has 2 aliphatic rings. The first-order valence-electron chi connectivity index (χ1n) is 8.29. The second kappa shape index (κ2) is 5.73. The Morgan fingerprint density at radius 3 is 3.12 bits per heavy atom. The highest BCUT2D eigenvalue weighted by molar-refractivity contribution is 5.80. The number of benzene rings is 1. The number of aliphatic imine (C=N–C) groups is 1. The van der Waals surface area contributed by atoms with Crippen LogP contribution in [0.25, 0.3) is 29.5 Å². The normalized spacial score (nSPS) is 14.4. The molecule has 0 amide bonds. The summed E-state index contributed by atoms with van der Waals surface area (Å²) in [7, 11) is 1.66. The van der Waals surface area contributed by atoms with Crippen LogP contribution in [-0.2, 0) is 6.54 Å². The molecule has 1 aromatic carbocycles. The summed E-state index contributed by atoms with van der Waals surface area (Å²) in [6, 6.07) is 9.84. The number of nitrogens with one attached hydrogen (secondary N) is 1. The zero-order valence-electron chi connectivity index (χ0n) is 14.1. The maximum Gasteiger partial charge on any atom is 0.120 e. The standard InChI is InChI=1S/C19H16N6O/c1-26-15-4-2-3-14(10-15)22-24-7-5-13-9-16-19(21-17(13)12-24)18-11-20-6-8-25(18)23-16/h2-7,9-12,22H,8H2,1H3. The SMILES string of the molecule is COc1cccc(NN2C=Cc3cc4nn5c(c4nc3=C2)=CN=CC5)c1. The highest BCUT2D eigenvalue weighted by atomic mass is 16.5. The van der Waals surface area contributed by atoms with Crippen molar-refractivity contribution < 1.29 is 4.74 Å². The summed E-state index contributed by atoms with van der Waals surface area (Å²) in [6.07, 6.45) is 9.59. The van der Waals surface area contributed by atoms with Crippen molar-refractivity contribution in [3.8, 4) is 5.75 Å². The Morgan fingerprint density at radius 1 is 1.23 bits per heavy atom. The van der Waals surface area contributed by atoms with Gasteiger partial charge in [-0.25, -0.2) is 4.98 Å². The van der Waals surface area contributed by atoms with Crippen LogP contribution in [0.2, 0.25) is 0 Å². The summed E-state index contributed by atoms with van der Waals surface area (Å²) >= 11 is 0. The third-order valence-corrected chi connectivity index (χ3v) is 4.37. The third kappa shape index (κ3) is 2.41. The second-order valence-corrected chi connectivity index (χ2v) is 6.05. The highest BCUT2D eigenvalue weighted by Crippen LogP contribution is 2.18. The number of ether oxygens (including phenoxy) is 1. The molecule has 0 atom stereocenters. The van der Waals surface area contributed by atoms with Crippen LogP contribution in [0, 0.1) is 0 Å². The van der Waals surface area contributed by atoms with Gasteiger partial charge in [0, 0.05) is 24.0 Å². The summed E-state index contributed by atoms with van der Waals surface area (Å²) in [4.78, 5) is 9.04. The van der Waals surface area contributed by atoms with E-state index in [2.05, 4.69) is 21.6 Å². The van der Waals surface area contributed by atoms with E-state index in [0.29, 0.717) is 6.54 Å². The molecule has 7 nitrogen and oxygen atoms in total. The van der Waals surface area contributed by atoms with Gasteiger partial charge in [0.25, 0.3) is 0 Å². The van der Waals surface area contributed by atoms with Gasteiger partial charge in [0.1, 0.15) is 22.1 Å². The average Bonchev–Trinajstić information content (AvgIpc) is 3.04. The molecule has 0 aliphatic carbocycles. The van der Waals surface area contributed by atoms with Gasteiger partial charge in [-0.05, 0) is 24.3 Å². The molecular formula is C19H16N6O. The smallest absolute Gasteiger partial charge is 0.120 e. The first-order chi connectivity index (χ1) is 12.8. The molecule has 0 saturated carbocycles. The van der Waals surface area contributed by atoms with Gasteiger partial charge in [-0.15, -0.1) is 0 Å². The number of hydrazine groups is 1. The third-order valence-electron chi connectivity index (χ3n) is 4.37. The minimum Gasteiger partial charge on any atom is -0.497 e. The number of fused-ring (bicyclic) bond motifs is 4. The maximum atomic E-state index is 5.27. The van der Waals surface area contributed by atoms with Crippen molar-refractivity contribution >= 4 is 41.4 Å². The van der Waals surface area contributed by atoms with Crippen molar-refractivity contribution in [2.75, 3.05) is 12.5 Å². The van der Waals surface area contributed by atoms with Gasteiger partial charge in [0.15, 0.2) is 0 Å². The second-order valence-electron chi connectivity index (χ2n) is 6.05. The minimum absolute atomic E-state index is 0.677. The first-order valence-corrected chi connectivity index (χ1v) is 8.29. The molecule has 0 fully saturated rings. The predicted molar refractivity (Wildman–Crippen MR) is 102 cm³/mol. The van der Waals surface area contributed by atoms with Gasteiger partial charge in [-0.2, -0.15) is 5.10 Å². The van der Waals surface area contributed by atoms with Crippen molar-refractivity contribution in [1.82, 2.24) is 19.8 Å². The lowest BCUT2D eigenvalue weighted by Gasteiger charge is -2.21. The Hall–Kier alpha value is -3.61. The van der Waals surface area contributed by atoms with E-state index < -0.39 is 0 Å². The summed E-state index contributed by atoms with van der Waals surface area (Å²) < 4.78 is 7.19. The maximum absolute atomic E-state index is 5.27. The zero-order chi connectivity index (χ0) is 17.5. The van der Waals surface area contributed by atoms with Crippen molar-refractivity contribution in [2.24, 2.45) is 4.99 Å². The number of hydrogen-bond acceptors (Lipinski definition) is 6. The minimum atomic E-state index is 0.677. The van der Waals surface area contributed by atoms with Crippen LogP contribution in [0.15, 0.2) is 41.5 Å². The fourth-order valence-electron chi connectivity index (χ4n) is 3.10. The molecule has 0 radical (unpaired) electrons. The Bertz CT molecular complexity index is 1190. The molecule has 2 aliphatic heterocycles. The van der Waals surface area contributed by atoms with Crippen molar-refractivity contribution in [1.29, 1.82) is 0 Å². The summed E-state index contributed by atoms with van der Waals surface area (Å²) in [6.45, 7) is 0.677. The molecule has 7 heteroatoms. The van der Waals surface area contributed by atoms with Gasteiger partial charge in [0.2, 0.25) is 0 Å². The van der Waals surface area contributed by atoms with E-state index in [1.54, 1.807) is 7.11 Å². The molecule has 0 saturated heterocycles. The van der Waals surface area contributed by atoms with E-state index in [-0.39, 0.29) is 0 Å². The molecule has 2 aromatic heterocycles. The lowest BCUT2D eigenvalue weighted by molar-refractivity contribution is 0.415. The molecule has 4 heterocycles. The van der Waals surface area contributed by atoms with Crippen molar-refractivity contribution in [3.05, 3.63) is 52.8 Å². The van der Waals surface area contributed by atoms with Crippen molar-refractivity contribution in [2.45, 2.75) is 6.54 Å². The zero-order valence-corrected chi connectivity index (χ0v) is 14.1. The van der Waals surface area contributed by atoms with Crippen LogP contribution in [0.5, 0.6) is 5.75 Å². The van der Waals surface area contributed by atoms with E-state index in [1.807, 2.05) is 64.8 Å². The Morgan fingerprint density at radius 2 is 2.19 bits per heavy atom. The Kier molecular flexibility index (Phi) is 3.24. The molecular weight excluding hydrogens is 328 g/mol. The van der Waals surface area contributed by atoms with E-state index >= 15 is 0 Å². The average molecular weight is 344 g/mol. The van der Waals surface area contributed by atoms with Crippen LogP contribution < -0.4 is 20.9 Å². The van der Waals surface area contributed by atoms with Gasteiger partial charge >= 0.3 is 0 Å². The number of anilines is 1. The summed E-state index contributed by atoms with van der Waals surface area (Å²) in [5, 5.41) is 8.32. The fraction of sp³-hybridized carbons (Fsp3) is 0.105. The van der Waals surface area contributed by atoms with E-state index in [4.69, 9.17) is 9.72 Å². The van der Waals surface area contributed by atoms with Crippen molar-refractivity contribution in [3.63, 3.8) is 0 Å². The summed E-state index contributed by atoms with van der Waals surface area (Å²) in [5.41, 5.74) is 7.04. The van der Waals surface area contributed by atoms with Gasteiger partial charge in [-0.3, -0.25) is 20.1 Å². The van der Waals surface area contributed by atoms with Crippen LogP contribution in [0.1, 0.15) is 5.56 Å². The number of methoxy groups -OCH3 is 1. The monoisotopic (exact) mass is 344 g/mol. The van der Waals surface area contributed by atoms with Crippen LogP contribution in [0.4, 0.5) is 5.69 Å². The Labute approximate surface area is 149 Å². The lowest BCUT2D eigenvalue weighted by Crippen LogP contribution is -2.28. The number of hydrogen-bond donors (Lipinski definition) is 1. The molecule has 26 heavy (non-hydrogen) atoms. The molecule has 0 unspecified atom stereocenters. The number of aromatic nitrogens is 3. The van der Waals surface area contributed by atoms with Crippen LogP contribution in [-0.4, -0.2) is 33.1 Å². The molecule has 0 bridgehead atoms.